The van der Waals surface area contributed by atoms with Gasteiger partial charge in [-0.2, -0.15) is 0 Å². The number of hydrogen-bond donors (Lipinski definition) is 3. The van der Waals surface area contributed by atoms with Crippen LogP contribution in [0.1, 0.15) is 15.9 Å². The number of H-pyrrole nitrogens is 1. The van der Waals surface area contributed by atoms with Crippen molar-refractivity contribution >= 4 is 23.2 Å². The van der Waals surface area contributed by atoms with Crippen molar-refractivity contribution in [3.8, 4) is 11.3 Å². The van der Waals surface area contributed by atoms with Gasteiger partial charge >= 0.3 is 0 Å². The predicted molar refractivity (Wildman–Crippen MR) is 111 cm³/mol. The second kappa shape index (κ2) is 7.75. The maximum absolute atomic E-state index is 12.4. The fourth-order valence-electron chi connectivity index (χ4n) is 2.82. The number of pyridine rings is 1. The lowest BCUT2D eigenvalue weighted by atomic mass is 10.1. The number of imidazole rings is 1. The van der Waals surface area contributed by atoms with Crippen LogP contribution in [0.25, 0.3) is 11.3 Å². The third kappa shape index (κ3) is 3.91. The Bertz CT molecular complexity index is 1090. The van der Waals surface area contributed by atoms with Crippen molar-refractivity contribution in [1.29, 1.82) is 0 Å². The van der Waals surface area contributed by atoms with Crippen molar-refractivity contribution in [3.05, 3.63) is 90.4 Å². The normalized spacial score (nSPS) is 10.5. The van der Waals surface area contributed by atoms with Crippen molar-refractivity contribution in [2.45, 2.75) is 6.92 Å². The Morgan fingerprint density at radius 3 is 2.57 bits per heavy atom. The van der Waals surface area contributed by atoms with Crippen LogP contribution in [0.5, 0.6) is 0 Å². The van der Waals surface area contributed by atoms with Gasteiger partial charge in [0.25, 0.3) is 5.91 Å². The van der Waals surface area contributed by atoms with Gasteiger partial charge in [-0.15, -0.1) is 0 Å². The maximum atomic E-state index is 12.4. The van der Waals surface area contributed by atoms with E-state index in [0.717, 1.165) is 22.5 Å². The molecule has 2 aromatic carbocycles. The number of aryl methyl sites for hydroxylation is 1. The Labute approximate surface area is 162 Å². The maximum Gasteiger partial charge on any atom is 0.255 e. The Hall–Kier alpha value is -3.93. The van der Waals surface area contributed by atoms with E-state index in [1.54, 1.807) is 30.7 Å². The molecule has 0 saturated heterocycles. The zero-order valence-electron chi connectivity index (χ0n) is 15.3. The summed E-state index contributed by atoms with van der Waals surface area (Å²) in [5.74, 6) is 0.481. The third-order valence-corrected chi connectivity index (χ3v) is 4.35. The summed E-state index contributed by atoms with van der Waals surface area (Å²) < 4.78 is 0. The first-order valence-corrected chi connectivity index (χ1v) is 8.88. The molecule has 0 aliphatic heterocycles. The van der Waals surface area contributed by atoms with Gasteiger partial charge in [0.2, 0.25) is 5.95 Å². The van der Waals surface area contributed by atoms with Gasteiger partial charge in [-0.05, 0) is 48.9 Å². The number of hydrogen-bond acceptors (Lipinski definition) is 4. The number of benzene rings is 2. The van der Waals surface area contributed by atoms with E-state index in [0.29, 0.717) is 17.2 Å². The van der Waals surface area contributed by atoms with Crippen LogP contribution in [-0.2, 0) is 0 Å². The van der Waals surface area contributed by atoms with Gasteiger partial charge in [0.1, 0.15) is 0 Å². The van der Waals surface area contributed by atoms with Crippen molar-refractivity contribution in [3.63, 3.8) is 0 Å². The molecule has 0 spiro atoms. The first-order valence-electron chi connectivity index (χ1n) is 8.88. The summed E-state index contributed by atoms with van der Waals surface area (Å²) >= 11 is 0. The van der Waals surface area contributed by atoms with Crippen LogP contribution < -0.4 is 10.6 Å². The number of aromatic nitrogens is 3. The highest BCUT2D eigenvalue weighted by Crippen LogP contribution is 2.25. The number of carbonyl (C=O) groups excluding carboxylic acids is 1. The molecule has 28 heavy (non-hydrogen) atoms. The molecular formula is C22H19N5O. The second-order valence-corrected chi connectivity index (χ2v) is 6.36. The highest BCUT2D eigenvalue weighted by atomic mass is 16.1. The highest BCUT2D eigenvalue weighted by Gasteiger charge is 2.09. The quantitative estimate of drug-likeness (QED) is 0.473. The number of rotatable bonds is 5. The van der Waals surface area contributed by atoms with Gasteiger partial charge < -0.3 is 15.6 Å². The molecule has 138 valence electrons. The molecule has 0 bridgehead atoms. The number of nitrogens with zero attached hydrogens (tertiary/aromatic N) is 2. The van der Waals surface area contributed by atoms with Crippen molar-refractivity contribution < 1.29 is 4.79 Å². The number of carbonyl (C=O) groups is 1. The Morgan fingerprint density at radius 1 is 1.00 bits per heavy atom. The lowest BCUT2D eigenvalue weighted by molar-refractivity contribution is 0.102. The molecular weight excluding hydrogens is 350 g/mol. The highest BCUT2D eigenvalue weighted by molar-refractivity contribution is 6.04. The standard InChI is InChI=1S/C22H19N5O/c1-15-7-8-18(25-21(28)17-5-3-2-4-6-17)13-19(15)26-22-24-14-20(27-22)16-9-11-23-12-10-16/h2-14H,1H3,(H,25,28)(H2,24,26,27). The summed E-state index contributed by atoms with van der Waals surface area (Å²) in [5, 5.41) is 6.21. The van der Waals surface area contributed by atoms with Crippen LogP contribution in [0.2, 0.25) is 0 Å². The molecule has 1 amide bonds. The molecule has 2 aromatic heterocycles. The number of anilines is 3. The fraction of sp³-hybridized carbons (Fsp3) is 0.0455. The van der Waals surface area contributed by atoms with Crippen molar-refractivity contribution in [1.82, 2.24) is 15.0 Å². The molecule has 0 saturated carbocycles. The zero-order valence-corrected chi connectivity index (χ0v) is 15.3. The minimum Gasteiger partial charge on any atom is -0.325 e. The third-order valence-electron chi connectivity index (χ3n) is 4.35. The lowest BCUT2D eigenvalue weighted by Gasteiger charge is -2.11. The van der Waals surface area contributed by atoms with E-state index < -0.39 is 0 Å². The zero-order chi connectivity index (χ0) is 19.3. The molecule has 6 heteroatoms. The van der Waals surface area contributed by atoms with E-state index in [-0.39, 0.29) is 5.91 Å². The monoisotopic (exact) mass is 369 g/mol. The van der Waals surface area contributed by atoms with Crippen LogP contribution in [-0.4, -0.2) is 20.9 Å². The van der Waals surface area contributed by atoms with Crippen molar-refractivity contribution in [2.75, 3.05) is 10.6 Å². The van der Waals surface area contributed by atoms with Gasteiger partial charge in [0, 0.05) is 34.9 Å². The van der Waals surface area contributed by atoms with Crippen molar-refractivity contribution in [2.24, 2.45) is 0 Å². The molecule has 4 aromatic rings. The SMILES string of the molecule is Cc1ccc(NC(=O)c2ccccc2)cc1Nc1ncc(-c2ccncc2)[nH]1. The average Bonchev–Trinajstić information content (AvgIpc) is 3.20. The molecule has 6 nitrogen and oxygen atoms in total. The van der Waals surface area contributed by atoms with E-state index in [1.165, 1.54) is 0 Å². The summed E-state index contributed by atoms with van der Waals surface area (Å²) in [4.78, 5) is 24.0. The molecule has 0 unspecified atom stereocenters. The average molecular weight is 369 g/mol. The van der Waals surface area contributed by atoms with E-state index >= 15 is 0 Å². The lowest BCUT2D eigenvalue weighted by Crippen LogP contribution is -2.11. The van der Waals surface area contributed by atoms with Crippen LogP contribution >= 0.6 is 0 Å². The molecule has 4 rings (SSSR count). The summed E-state index contributed by atoms with van der Waals surface area (Å²) in [6, 6.07) is 18.7. The first-order chi connectivity index (χ1) is 13.7. The summed E-state index contributed by atoms with van der Waals surface area (Å²) in [5.41, 5.74) is 5.14. The molecule has 0 aliphatic rings. The van der Waals surface area contributed by atoms with E-state index in [1.807, 2.05) is 55.5 Å². The molecule has 0 radical (unpaired) electrons. The second-order valence-electron chi connectivity index (χ2n) is 6.36. The number of aromatic amines is 1. The van der Waals surface area contributed by atoms with Gasteiger partial charge in [-0.1, -0.05) is 24.3 Å². The van der Waals surface area contributed by atoms with Gasteiger partial charge in [0.05, 0.1) is 11.9 Å². The minimum atomic E-state index is -0.145. The van der Waals surface area contributed by atoms with Gasteiger partial charge in [0.15, 0.2) is 0 Å². The molecule has 2 heterocycles. The Morgan fingerprint density at radius 2 is 1.79 bits per heavy atom. The first kappa shape index (κ1) is 17.5. The number of amides is 1. The van der Waals surface area contributed by atoms with Crippen LogP contribution in [0.3, 0.4) is 0 Å². The van der Waals surface area contributed by atoms with Gasteiger partial charge in [-0.3, -0.25) is 9.78 Å². The van der Waals surface area contributed by atoms with Crippen LogP contribution in [0.15, 0.2) is 79.3 Å². The minimum absolute atomic E-state index is 0.145. The molecule has 0 atom stereocenters. The predicted octanol–water partition coefficient (Wildman–Crippen LogP) is 4.78. The topological polar surface area (TPSA) is 82.7 Å². The van der Waals surface area contributed by atoms with Crippen LogP contribution in [0.4, 0.5) is 17.3 Å². The summed E-state index contributed by atoms with van der Waals surface area (Å²) in [6.45, 7) is 2.00. The smallest absolute Gasteiger partial charge is 0.255 e. The largest absolute Gasteiger partial charge is 0.325 e. The van der Waals surface area contributed by atoms with E-state index in [2.05, 4.69) is 25.6 Å². The van der Waals surface area contributed by atoms with Gasteiger partial charge in [-0.25, -0.2) is 4.98 Å². The summed E-state index contributed by atoms with van der Waals surface area (Å²) in [6.07, 6.45) is 5.26. The molecule has 0 aliphatic carbocycles. The Balaban J connectivity index is 1.52. The van der Waals surface area contributed by atoms with E-state index in [4.69, 9.17) is 0 Å². The molecule has 3 N–H and O–H groups in total. The van der Waals surface area contributed by atoms with Crippen LogP contribution in [0, 0.1) is 6.92 Å². The van der Waals surface area contributed by atoms with E-state index in [9.17, 15) is 4.79 Å². The summed E-state index contributed by atoms with van der Waals surface area (Å²) in [7, 11) is 0. The molecule has 0 fully saturated rings. The fourth-order valence-corrected chi connectivity index (χ4v) is 2.82. The Kier molecular flexibility index (Phi) is 4.84. The number of nitrogens with one attached hydrogen (secondary N) is 3.